The van der Waals surface area contributed by atoms with Crippen LogP contribution in [-0.4, -0.2) is 22.4 Å². The Labute approximate surface area is 174 Å². The van der Waals surface area contributed by atoms with Gasteiger partial charge in [0.1, 0.15) is 11.3 Å². The van der Waals surface area contributed by atoms with Crippen molar-refractivity contribution in [2.24, 2.45) is 0 Å². The third-order valence-corrected chi connectivity index (χ3v) is 4.86. The number of anilines is 1. The first-order valence-electron chi connectivity index (χ1n) is 9.53. The van der Waals surface area contributed by atoms with Gasteiger partial charge in [0.25, 0.3) is 5.91 Å². The maximum Gasteiger partial charge on any atom is 0.274 e. The summed E-state index contributed by atoms with van der Waals surface area (Å²) >= 11 is 0. The predicted octanol–water partition coefficient (Wildman–Crippen LogP) is 3.40. The molecule has 4 rings (SSSR count). The van der Waals surface area contributed by atoms with Crippen LogP contribution in [0.3, 0.4) is 0 Å². The number of benzene rings is 1. The number of imidazole rings is 1. The molecule has 0 atom stereocenters. The third-order valence-electron chi connectivity index (χ3n) is 4.86. The minimum absolute atomic E-state index is 0.278. The monoisotopic (exact) mass is 401 g/mol. The summed E-state index contributed by atoms with van der Waals surface area (Å²) in [5.41, 5.74) is 9.28. The van der Waals surface area contributed by atoms with E-state index in [0.717, 1.165) is 28.2 Å². The molecular formula is C23H23N5O2. The molecule has 7 nitrogen and oxygen atoms in total. The quantitative estimate of drug-likeness (QED) is 0.552. The second-order valence-electron chi connectivity index (χ2n) is 7.02. The van der Waals surface area contributed by atoms with Gasteiger partial charge in [-0.1, -0.05) is 36.9 Å². The Hall–Kier alpha value is -3.84. The molecule has 0 radical (unpaired) electrons. The summed E-state index contributed by atoms with van der Waals surface area (Å²) in [4.78, 5) is 21.7. The van der Waals surface area contributed by atoms with Crippen molar-refractivity contribution < 1.29 is 9.63 Å². The summed E-state index contributed by atoms with van der Waals surface area (Å²) in [7, 11) is 1.46. The number of hydrogen-bond acceptors (Lipinski definition) is 5. The number of aromatic nitrogens is 2. The molecule has 0 unspecified atom stereocenters. The fraction of sp³-hybridized carbons (Fsp3) is 0.130. The van der Waals surface area contributed by atoms with Gasteiger partial charge in [-0.05, 0) is 41.8 Å². The van der Waals surface area contributed by atoms with E-state index in [0.29, 0.717) is 17.9 Å². The molecule has 0 bridgehead atoms. The van der Waals surface area contributed by atoms with Crippen LogP contribution in [0.15, 0.2) is 67.2 Å². The van der Waals surface area contributed by atoms with E-state index >= 15 is 0 Å². The number of hydrogen-bond donors (Lipinski definition) is 3. The molecule has 1 aromatic carbocycles. The molecule has 3 N–H and O–H groups in total. The zero-order chi connectivity index (χ0) is 21.1. The van der Waals surface area contributed by atoms with Crippen LogP contribution >= 0.6 is 0 Å². The molecular weight excluding hydrogens is 378 g/mol. The van der Waals surface area contributed by atoms with Crippen LogP contribution in [0.2, 0.25) is 0 Å². The van der Waals surface area contributed by atoms with Crippen molar-refractivity contribution in [2.45, 2.75) is 13.5 Å². The number of hydroxylamine groups is 1. The molecule has 1 amide bonds. The van der Waals surface area contributed by atoms with E-state index in [1.165, 1.54) is 12.7 Å². The van der Waals surface area contributed by atoms with Gasteiger partial charge in [-0.25, -0.2) is 4.98 Å². The van der Waals surface area contributed by atoms with Crippen molar-refractivity contribution in [3.8, 4) is 0 Å². The highest BCUT2D eigenvalue weighted by atomic mass is 16.6. The average molecular weight is 401 g/mol. The molecule has 0 spiro atoms. The molecule has 7 heteroatoms. The summed E-state index contributed by atoms with van der Waals surface area (Å²) in [6.45, 7) is 6.80. The summed E-state index contributed by atoms with van der Waals surface area (Å²) in [6, 6.07) is 9.88. The van der Waals surface area contributed by atoms with Gasteiger partial charge in [-0.3, -0.25) is 15.1 Å². The second-order valence-corrected chi connectivity index (χ2v) is 7.02. The number of amides is 1. The average Bonchev–Trinajstić information content (AvgIpc) is 3.13. The second kappa shape index (κ2) is 8.26. The molecule has 30 heavy (non-hydrogen) atoms. The van der Waals surface area contributed by atoms with Crippen LogP contribution in [0.4, 0.5) is 5.69 Å². The van der Waals surface area contributed by atoms with Crippen LogP contribution in [0.5, 0.6) is 0 Å². The lowest BCUT2D eigenvalue weighted by molar-refractivity contribution is -0.114. The van der Waals surface area contributed by atoms with E-state index in [1.807, 2.05) is 42.6 Å². The highest BCUT2D eigenvalue weighted by Gasteiger charge is 2.14. The fourth-order valence-electron chi connectivity index (χ4n) is 3.27. The number of rotatable bonds is 6. The van der Waals surface area contributed by atoms with Gasteiger partial charge in [0, 0.05) is 17.6 Å². The van der Waals surface area contributed by atoms with Crippen LogP contribution in [-0.2, 0) is 16.2 Å². The first-order valence-corrected chi connectivity index (χ1v) is 9.53. The largest absolute Gasteiger partial charge is 0.379 e. The van der Waals surface area contributed by atoms with Crippen molar-refractivity contribution in [2.75, 3.05) is 12.4 Å². The number of nitrogens with zero attached hydrogens (tertiary/aromatic N) is 2. The van der Waals surface area contributed by atoms with E-state index in [-0.39, 0.29) is 5.91 Å². The molecule has 3 aromatic rings. The van der Waals surface area contributed by atoms with E-state index in [4.69, 9.17) is 4.84 Å². The Kier molecular flexibility index (Phi) is 5.36. The molecule has 3 heterocycles. The summed E-state index contributed by atoms with van der Waals surface area (Å²) in [5.74, 6) is -0.278. The smallest absolute Gasteiger partial charge is 0.274 e. The topological polar surface area (TPSA) is 79.7 Å². The Balaban J connectivity index is 1.51. The molecule has 1 aliphatic heterocycles. The molecule has 0 fully saturated rings. The van der Waals surface area contributed by atoms with E-state index in [2.05, 4.69) is 45.2 Å². The van der Waals surface area contributed by atoms with Crippen molar-refractivity contribution in [1.29, 1.82) is 0 Å². The Morgan fingerprint density at radius 3 is 3.00 bits per heavy atom. The maximum atomic E-state index is 12.4. The number of allylic oxidation sites excluding steroid dienone is 2. The highest BCUT2D eigenvalue weighted by molar-refractivity contribution is 6.05. The van der Waals surface area contributed by atoms with Gasteiger partial charge >= 0.3 is 0 Å². The molecule has 2 aromatic heterocycles. The third kappa shape index (κ3) is 3.97. The Morgan fingerprint density at radius 2 is 2.17 bits per heavy atom. The predicted molar refractivity (Wildman–Crippen MR) is 118 cm³/mol. The van der Waals surface area contributed by atoms with Crippen molar-refractivity contribution in [3.05, 3.63) is 89.5 Å². The normalized spacial score (nSPS) is 15.9. The SMILES string of the molecule is C=C(NCc1cnc2ccc(C)cn12)c1ccc2c(c1)NC(=O)/C(NOC)=C/C=C\2. The summed E-state index contributed by atoms with van der Waals surface area (Å²) in [6.07, 6.45) is 9.31. The minimum atomic E-state index is -0.278. The van der Waals surface area contributed by atoms with Crippen LogP contribution in [0.1, 0.15) is 22.4 Å². The van der Waals surface area contributed by atoms with Crippen LogP contribution < -0.4 is 16.1 Å². The van der Waals surface area contributed by atoms with E-state index in [9.17, 15) is 4.79 Å². The summed E-state index contributed by atoms with van der Waals surface area (Å²) < 4.78 is 2.07. The molecule has 0 saturated heterocycles. The van der Waals surface area contributed by atoms with Gasteiger partial charge in [0.15, 0.2) is 0 Å². The zero-order valence-electron chi connectivity index (χ0n) is 16.9. The van der Waals surface area contributed by atoms with Gasteiger partial charge < -0.3 is 15.0 Å². The maximum absolute atomic E-state index is 12.4. The highest BCUT2D eigenvalue weighted by Crippen LogP contribution is 2.24. The summed E-state index contributed by atoms with van der Waals surface area (Å²) in [5, 5.41) is 6.27. The molecule has 0 aliphatic carbocycles. The van der Waals surface area contributed by atoms with Crippen LogP contribution in [0.25, 0.3) is 17.4 Å². The first kappa shape index (κ1) is 19.5. The fourth-order valence-corrected chi connectivity index (χ4v) is 3.27. The zero-order valence-corrected chi connectivity index (χ0v) is 16.9. The number of pyridine rings is 1. The van der Waals surface area contributed by atoms with Crippen LogP contribution in [0, 0.1) is 6.92 Å². The van der Waals surface area contributed by atoms with Gasteiger partial charge in [0.2, 0.25) is 0 Å². The lowest BCUT2D eigenvalue weighted by Gasteiger charge is -2.16. The van der Waals surface area contributed by atoms with Gasteiger partial charge in [0.05, 0.1) is 25.5 Å². The number of nitrogens with one attached hydrogen (secondary N) is 3. The molecule has 0 saturated carbocycles. The molecule has 152 valence electrons. The van der Waals surface area contributed by atoms with E-state index in [1.54, 1.807) is 12.2 Å². The number of carbonyl (C=O) groups is 1. The number of carbonyl (C=O) groups excluding carboxylic acids is 1. The van der Waals surface area contributed by atoms with Gasteiger partial charge in [-0.2, -0.15) is 0 Å². The first-order chi connectivity index (χ1) is 14.5. The van der Waals surface area contributed by atoms with Crippen molar-refractivity contribution >= 4 is 29.0 Å². The number of aryl methyl sites for hydroxylation is 1. The van der Waals surface area contributed by atoms with Crippen molar-refractivity contribution in [3.63, 3.8) is 0 Å². The minimum Gasteiger partial charge on any atom is -0.379 e. The van der Waals surface area contributed by atoms with Gasteiger partial charge in [-0.15, -0.1) is 0 Å². The lowest BCUT2D eigenvalue weighted by atomic mass is 10.0. The Morgan fingerprint density at radius 1 is 1.30 bits per heavy atom. The molecule has 1 aliphatic rings. The standard InChI is InChI=1S/C23H23N5O2/c1-15-7-10-22-25-13-19(28(22)14-15)12-24-16(2)18-9-8-17-5-4-6-20(27-30-3)23(29)26-21(17)11-18/h4-11,13-14,24,27H,2,12H2,1,3H3,(H,26,29). The lowest BCUT2D eigenvalue weighted by Crippen LogP contribution is -2.25. The van der Waals surface area contributed by atoms with E-state index < -0.39 is 0 Å². The van der Waals surface area contributed by atoms with Crippen molar-refractivity contribution in [1.82, 2.24) is 20.2 Å². The number of fused-ring (bicyclic) bond motifs is 2. The Bertz CT molecular complexity index is 1190.